The normalized spacial score (nSPS) is 11.2. The Morgan fingerprint density at radius 3 is 2.32 bits per heavy atom. The Hall–Kier alpha value is -3.72. The smallest absolute Gasteiger partial charge is 0.150 e. The van der Waals surface area contributed by atoms with Crippen LogP contribution in [-0.2, 0) is 0 Å². The lowest BCUT2D eigenvalue weighted by atomic mass is 10.0. The van der Waals surface area contributed by atoms with Gasteiger partial charge in [-0.2, -0.15) is 0 Å². The van der Waals surface area contributed by atoms with Gasteiger partial charge in [-0.15, -0.1) is 0 Å². The van der Waals surface area contributed by atoms with E-state index >= 15 is 0 Å². The van der Waals surface area contributed by atoms with Gasteiger partial charge < -0.3 is 4.57 Å². The molecule has 0 radical (unpaired) electrons. The van der Waals surface area contributed by atoms with Crippen molar-refractivity contribution in [1.82, 2.24) is 9.55 Å². The first kappa shape index (κ1) is 16.5. The molecule has 0 aliphatic rings. The molecule has 0 amide bonds. The summed E-state index contributed by atoms with van der Waals surface area (Å²) < 4.78 is 2.22. The first-order valence-corrected chi connectivity index (χ1v) is 9.28. The average Bonchev–Trinajstić information content (AvgIpc) is 3.11. The molecule has 5 aromatic rings. The number of aryl methyl sites for hydroxylation is 1. The molecule has 134 valence electrons. The lowest BCUT2D eigenvalue weighted by molar-refractivity contribution is 0.112. The molecule has 0 fully saturated rings. The van der Waals surface area contributed by atoms with Gasteiger partial charge in [0, 0.05) is 33.8 Å². The summed E-state index contributed by atoms with van der Waals surface area (Å²) >= 11 is 0. The van der Waals surface area contributed by atoms with Crippen molar-refractivity contribution in [2.24, 2.45) is 0 Å². The van der Waals surface area contributed by atoms with Gasteiger partial charge in [0.15, 0.2) is 0 Å². The van der Waals surface area contributed by atoms with Gasteiger partial charge in [0.25, 0.3) is 0 Å². The molecule has 0 N–H and O–H groups in total. The van der Waals surface area contributed by atoms with E-state index in [9.17, 15) is 4.79 Å². The quantitative estimate of drug-likeness (QED) is 0.371. The molecule has 2 aromatic heterocycles. The summed E-state index contributed by atoms with van der Waals surface area (Å²) in [5, 5.41) is 2.36. The largest absolute Gasteiger partial charge is 0.314 e. The lowest BCUT2D eigenvalue weighted by Crippen LogP contribution is -1.96. The predicted octanol–water partition coefficient (Wildman–Crippen LogP) is 5.97. The highest BCUT2D eigenvalue weighted by Gasteiger charge is 2.17. The minimum atomic E-state index is 0.662. The SMILES string of the molecule is Cc1cn(-c2ccccc2)c2c(-c3ccc(C=O)cc3)nc3ccccc3c12. The van der Waals surface area contributed by atoms with Crippen LogP contribution in [0.25, 0.3) is 38.8 Å². The fourth-order valence-corrected chi connectivity index (χ4v) is 3.87. The van der Waals surface area contributed by atoms with Crippen molar-refractivity contribution in [3.63, 3.8) is 0 Å². The number of carbonyl (C=O) groups is 1. The molecule has 0 spiro atoms. The molecule has 3 heteroatoms. The Kier molecular flexibility index (Phi) is 3.80. The minimum Gasteiger partial charge on any atom is -0.314 e. The summed E-state index contributed by atoms with van der Waals surface area (Å²) in [6.45, 7) is 2.15. The van der Waals surface area contributed by atoms with Crippen LogP contribution in [-0.4, -0.2) is 15.8 Å². The van der Waals surface area contributed by atoms with Crippen LogP contribution in [0.3, 0.4) is 0 Å². The van der Waals surface area contributed by atoms with Crippen molar-refractivity contribution < 1.29 is 4.79 Å². The summed E-state index contributed by atoms with van der Waals surface area (Å²) in [6.07, 6.45) is 3.04. The molecule has 2 heterocycles. The average molecular weight is 362 g/mol. The van der Waals surface area contributed by atoms with Crippen LogP contribution in [0.4, 0.5) is 0 Å². The number of nitrogens with zero attached hydrogens (tertiary/aromatic N) is 2. The maximum Gasteiger partial charge on any atom is 0.150 e. The zero-order chi connectivity index (χ0) is 19.1. The Morgan fingerprint density at radius 2 is 1.57 bits per heavy atom. The molecule has 0 atom stereocenters. The van der Waals surface area contributed by atoms with Crippen LogP contribution in [0.5, 0.6) is 0 Å². The number of carbonyl (C=O) groups excluding carboxylic acids is 1. The number of para-hydroxylation sites is 2. The van der Waals surface area contributed by atoms with Gasteiger partial charge in [0.05, 0.1) is 16.7 Å². The van der Waals surface area contributed by atoms with E-state index in [1.54, 1.807) is 0 Å². The zero-order valence-corrected chi connectivity index (χ0v) is 15.5. The van der Waals surface area contributed by atoms with Crippen LogP contribution < -0.4 is 0 Å². The second-order valence-electron chi connectivity index (χ2n) is 6.96. The summed E-state index contributed by atoms with van der Waals surface area (Å²) in [6, 6.07) is 26.2. The molecule has 0 saturated carbocycles. The number of benzene rings is 3. The van der Waals surface area contributed by atoms with E-state index in [1.165, 1.54) is 10.9 Å². The Labute approximate surface area is 162 Å². The molecule has 0 unspecified atom stereocenters. The summed E-state index contributed by atoms with van der Waals surface area (Å²) in [5.74, 6) is 0. The third kappa shape index (κ3) is 2.52. The van der Waals surface area contributed by atoms with Crippen molar-refractivity contribution in [3.05, 3.63) is 96.2 Å². The van der Waals surface area contributed by atoms with E-state index in [1.807, 2.05) is 48.5 Å². The molecule has 28 heavy (non-hydrogen) atoms. The summed E-state index contributed by atoms with van der Waals surface area (Å²) in [7, 11) is 0. The van der Waals surface area contributed by atoms with E-state index in [0.717, 1.165) is 39.7 Å². The maximum atomic E-state index is 11.1. The molecule has 0 aliphatic carbocycles. The minimum absolute atomic E-state index is 0.662. The van der Waals surface area contributed by atoms with Crippen molar-refractivity contribution in [2.75, 3.05) is 0 Å². The van der Waals surface area contributed by atoms with Crippen molar-refractivity contribution in [2.45, 2.75) is 6.92 Å². The number of hydrogen-bond acceptors (Lipinski definition) is 2. The van der Waals surface area contributed by atoms with Gasteiger partial charge in [0.1, 0.15) is 6.29 Å². The molecule has 0 bridgehead atoms. The highest BCUT2D eigenvalue weighted by molar-refractivity contribution is 6.12. The van der Waals surface area contributed by atoms with Crippen molar-refractivity contribution in [1.29, 1.82) is 0 Å². The van der Waals surface area contributed by atoms with E-state index in [-0.39, 0.29) is 0 Å². The van der Waals surface area contributed by atoms with Crippen LogP contribution in [0, 0.1) is 6.92 Å². The molecule has 5 rings (SSSR count). The van der Waals surface area contributed by atoms with Crippen LogP contribution in [0.2, 0.25) is 0 Å². The number of pyridine rings is 1. The highest BCUT2D eigenvalue weighted by atomic mass is 16.1. The van der Waals surface area contributed by atoms with Crippen molar-refractivity contribution >= 4 is 28.1 Å². The Balaban J connectivity index is 1.93. The second kappa shape index (κ2) is 6.46. The Bertz CT molecular complexity index is 1320. The monoisotopic (exact) mass is 362 g/mol. The predicted molar refractivity (Wildman–Crippen MR) is 114 cm³/mol. The zero-order valence-electron chi connectivity index (χ0n) is 15.5. The second-order valence-corrected chi connectivity index (χ2v) is 6.96. The van der Waals surface area contributed by atoms with Crippen molar-refractivity contribution in [3.8, 4) is 16.9 Å². The van der Waals surface area contributed by atoms with Gasteiger partial charge in [-0.25, -0.2) is 4.98 Å². The summed E-state index contributed by atoms with van der Waals surface area (Å²) in [5.41, 5.74) is 6.95. The van der Waals surface area contributed by atoms with E-state index in [4.69, 9.17) is 4.98 Å². The van der Waals surface area contributed by atoms with Gasteiger partial charge >= 0.3 is 0 Å². The van der Waals surface area contributed by atoms with Gasteiger partial charge in [-0.3, -0.25) is 4.79 Å². The molecule has 3 aromatic carbocycles. The fraction of sp³-hybridized carbons (Fsp3) is 0.0400. The van der Waals surface area contributed by atoms with Gasteiger partial charge in [-0.1, -0.05) is 60.7 Å². The summed E-state index contributed by atoms with van der Waals surface area (Å²) in [4.78, 5) is 16.1. The van der Waals surface area contributed by atoms with E-state index < -0.39 is 0 Å². The molecular formula is C25H18N2O. The third-order valence-corrected chi connectivity index (χ3v) is 5.18. The number of rotatable bonds is 3. The van der Waals surface area contributed by atoms with Crippen LogP contribution >= 0.6 is 0 Å². The van der Waals surface area contributed by atoms with E-state index in [0.29, 0.717) is 5.56 Å². The first-order valence-electron chi connectivity index (χ1n) is 9.28. The van der Waals surface area contributed by atoms with E-state index in [2.05, 4.69) is 48.0 Å². The topological polar surface area (TPSA) is 34.9 Å². The highest BCUT2D eigenvalue weighted by Crippen LogP contribution is 2.36. The number of aromatic nitrogens is 2. The molecule has 3 nitrogen and oxygen atoms in total. The molecular weight excluding hydrogens is 344 g/mol. The third-order valence-electron chi connectivity index (χ3n) is 5.18. The van der Waals surface area contributed by atoms with Crippen LogP contribution in [0.1, 0.15) is 15.9 Å². The lowest BCUT2D eigenvalue weighted by Gasteiger charge is -2.12. The van der Waals surface area contributed by atoms with Gasteiger partial charge in [0.2, 0.25) is 0 Å². The maximum absolute atomic E-state index is 11.1. The van der Waals surface area contributed by atoms with Gasteiger partial charge in [-0.05, 0) is 30.7 Å². The fourth-order valence-electron chi connectivity index (χ4n) is 3.87. The number of fused-ring (bicyclic) bond motifs is 3. The Morgan fingerprint density at radius 1 is 0.857 bits per heavy atom. The number of hydrogen-bond donors (Lipinski definition) is 0. The first-order chi connectivity index (χ1) is 13.8. The standard InChI is InChI=1S/C25H18N2O/c1-17-15-27(20-7-3-2-4-8-20)25-23(17)21-9-5-6-10-22(21)26-24(25)19-13-11-18(16-28)12-14-19/h2-16H,1H3. The molecule has 0 aliphatic heterocycles. The number of aldehydes is 1. The molecule has 0 saturated heterocycles. The van der Waals surface area contributed by atoms with Crippen LogP contribution in [0.15, 0.2) is 85.1 Å².